The van der Waals surface area contributed by atoms with Crippen LogP contribution in [0.3, 0.4) is 0 Å². The Morgan fingerprint density at radius 2 is 1.17 bits per heavy atom. The number of carbonyl (C=O) groups excluding carboxylic acids is 2. The molecule has 0 bridgehead atoms. The van der Waals surface area contributed by atoms with Crippen LogP contribution in [-0.2, 0) is 11.2 Å². The van der Waals surface area contributed by atoms with Crippen LogP contribution in [0.4, 0.5) is 0 Å². The summed E-state index contributed by atoms with van der Waals surface area (Å²) < 4.78 is 0. The molecule has 30 heavy (non-hydrogen) atoms. The smallest absolute Gasteiger partial charge is 0.257 e. The zero-order valence-electron chi connectivity index (χ0n) is 19.6. The van der Waals surface area contributed by atoms with Gasteiger partial charge in [0.15, 0.2) is 0 Å². The van der Waals surface area contributed by atoms with E-state index in [0.717, 1.165) is 12.8 Å². The molecule has 0 aliphatic rings. The molecule has 0 atom stereocenters. The molecule has 0 saturated carbocycles. The maximum absolute atomic E-state index is 11.9. The van der Waals surface area contributed by atoms with Crippen molar-refractivity contribution in [3.05, 3.63) is 35.4 Å². The van der Waals surface area contributed by atoms with E-state index in [1.807, 2.05) is 12.1 Å². The highest BCUT2D eigenvalue weighted by Crippen LogP contribution is 2.15. The van der Waals surface area contributed by atoms with Gasteiger partial charge in [0, 0.05) is 12.5 Å². The lowest BCUT2D eigenvalue weighted by Crippen LogP contribution is -2.27. The second-order valence-electron chi connectivity index (χ2n) is 8.76. The third-order valence-corrected chi connectivity index (χ3v) is 5.80. The highest BCUT2D eigenvalue weighted by molar-refractivity contribution is 6.04. The molecule has 1 aromatic carbocycles. The Balaban J connectivity index is 1.93. The number of hydrogen-bond donors (Lipinski definition) is 1. The summed E-state index contributed by atoms with van der Waals surface area (Å²) in [5.74, 6) is -0.625. The van der Waals surface area contributed by atoms with Gasteiger partial charge in [-0.2, -0.15) is 0 Å². The number of carbonyl (C=O) groups is 2. The van der Waals surface area contributed by atoms with Crippen molar-refractivity contribution in [3.63, 3.8) is 0 Å². The summed E-state index contributed by atoms with van der Waals surface area (Å²) in [7, 11) is 0. The molecule has 0 fully saturated rings. The minimum Gasteiger partial charge on any atom is -0.293 e. The fraction of sp³-hybridized carbons (Fsp3) is 0.704. The summed E-state index contributed by atoms with van der Waals surface area (Å²) in [5, 5.41) is 2.33. The van der Waals surface area contributed by atoms with Crippen LogP contribution in [0.25, 0.3) is 0 Å². The molecule has 0 radical (unpaired) electrons. The molecule has 0 saturated heterocycles. The summed E-state index contributed by atoms with van der Waals surface area (Å²) in [6.07, 6.45) is 23.0. The van der Waals surface area contributed by atoms with Gasteiger partial charge in [0.25, 0.3) is 5.91 Å². The Kier molecular flexibility index (Phi) is 16.0. The average molecular weight is 416 g/mol. The number of benzene rings is 1. The van der Waals surface area contributed by atoms with Gasteiger partial charge >= 0.3 is 0 Å². The van der Waals surface area contributed by atoms with Crippen LogP contribution in [-0.4, -0.2) is 11.8 Å². The normalized spacial score (nSPS) is 10.9. The first-order valence-corrected chi connectivity index (χ1v) is 12.5. The molecule has 0 aliphatic heterocycles. The van der Waals surface area contributed by atoms with Gasteiger partial charge in [0.2, 0.25) is 5.91 Å². The number of nitrogens with one attached hydrogen (secondary N) is 1. The molecular weight excluding hydrogens is 370 g/mol. The van der Waals surface area contributed by atoms with E-state index < -0.39 is 0 Å². The fourth-order valence-electron chi connectivity index (χ4n) is 3.98. The average Bonchev–Trinajstić information content (AvgIpc) is 2.73. The molecule has 3 heteroatoms. The lowest BCUT2D eigenvalue weighted by molar-refractivity contribution is -0.118. The number of aryl methyl sites for hydroxylation is 1. The summed E-state index contributed by atoms with van der Waals surface area (Å²) in [5.41, 5.74) is 1.75. The summed E-state index contributed by atoms with van der Waals surface area (Å²) >= 11 is 0. The van der Waals surface area contributed by atoms with Crippen molar-refractivity contribution in [2.75, 3.05) is 0 Å². The van der Waals surface area contributed by atoms with Crippen LogP contribution in [0.15, 0.2) is 24.3 Å². The number of unbranched alkanes of at least 4 members (excludes halogenated alkanes) is 15. The second kappa shape index (κ2) is 18.2. The molecule has 2 amide bonds. The lowest BCUT2D eigenvalue weighted by atomic mass is 10.0. The first kappa shape index (κ1) is 26.4. The largest absolute Gasteiger partial charge is 0.293 e. The molecule has 0 heterocycles. The van der Waals surface area contributed by atoms with Crippen molar-refractivity contribution >= 4 is 11.8 Å². The molecule has 0 unspecified atom stereocenters. The van der Waals surface area contributed by atoms with E-state index in [1.54, 1.807) is 6.07 Å². The minimum absolute atomic E-state index is 0.309. The Labute approximate surface area is 185 Å². The lowest BCUT2D eigenvalue weighted by Gasteiger charge is -2.06. The van der Waals surface area contributed by atoms with Gasteiger partial charge in [-0.15, -0.1) is 0 Å². The van der Waals surface area contributed by atoms with E-state index >= 15 is 0 Å². The molecule has 3 nitrogen and oxygen atoms in total. The van der Waals surface area contributed by atoms with Crippen LogP contribution in [0.5, 0.6) is 0 Å². The molecule has 0 aliphatic carbocycles. The molecule has 0 spiro atoms. The molecule has 0 aromatic heterocycles. The Morgan fingerprint density at radius 1 is 0.700 bits per heavy atom. The zero-order valence-corrected chi connectivity index (χ0v) is 19.6. The van der Waals surface area contributed by atoms with E-state index in [9.17, 15) is 9.59 Å². The van der Waals surface area contributed by atoms with Crippen molar-refractivity contribution in [3.8, 4) is 0 Å². The van der Waals surface area contributed by atoms with E-state index in [0.29, 0.717) is 5.56 Å². The number of hydrogen-bond acceptors (Lipinski definition) is 2. The van der Waals surface area contributed by atoms with Gasteiger partial charge in [0.1, 0.15) is 0 Å². The van der Waals surface area contributed by atoms with Crippen molar-refractivity contribution in [1.82, 2.24) is 5.32 Å². The first-order valence-electron chi connectivity index (χ1n) is 12.5. The standard InChI is InChI=1S/C27H45NO2/c1-3-4-5-6-7-8-9-10-11-12-13-14-15-16-17-18-20-25-21-19-22-26(23-25)27(30)28-24(2)29/h19,21-23H,3-18,20H2,1-2H3,(H,28,29,30). The Hall–Kier alpha value is -1.64. The number of amides is 2. The molecule has 1 aromatic rings. The minimum atomic E-state index is -0.316. The maximum Gasteiger partial charge on any atom is 0.257 e. The van der Waals surface area contributed by atoms with Gasteiger partial charge in [-0.05, 0) is 30.5 Å². The molecule has 1 N–H and O–H groups in total. The van der Waals surface area contributed by atoms with Crippen molar-refractivity contribution in [2.24, 2.45) is 0 Å². The summed E-state index contributed by atoms with van der Waals surface area (Å²) in [4.78, 5) is 22.9. The van der Waals surface area contributed by atoms with Gasteiger partial charge in [-0.1, -0.05) is 115 Å². The van der Waals surface area contributed by atoms with E-state index in [-0.39, 0.29) is 11.8 Å². The van der Waals surface area contributed by atoms with Crippen molar-refractivity contribution in [1.29, 1.82) is 0 Å². The highest BCUT2D eigenvalue weighted by atomic mass is 16.2. The van der Waals surface area contributed by atoms with Gasteiger partial charge in [-0.25, -0.2) is 0 Å². The Morgan fingerprint density at radius 3 is 1.63 bits per heavy atom. The van der Waals surface area contributed by atoms with Gasteiger partial charge in [-0.3, -0.25) is 14.9 Å². The first-order chi connectivity index (χ1) is 14.6. The van der Waals surface area contributed by atoms with Crippen molar-refractivity contribution < 1.29 is 9.59 Å². The molecule has 170 valence electrons. The molecule has 1 rings (SSSR count). The second-order valence-corrected chi connectivity index (χ2v) is 8.76. The van der Waals surface area contributed by atoms with E-state index in [2.05, 4.69) is 18.3 Å². The summed E-state index contributed by atoms with van der Waals surface area (Å²) in [6.45, 7) is 3.64. The molecular formula is C27H45NO2. The zero-order chi connectivity index (χ0) is 21.9. The predicted molar refractivity (Wildman–Crippen MR) is 128 cm³/mol. The fourth-order valence-corrected chi connectivity index (χ4v) is 3.98. The van der Waals surface area contributed by atoms with Crippen LogP contribution in [0, 0.1) is 0 Å². The van der Waals surface area contributed by atoms with Crippen LogP contribution in [0.2, 0.25) is 0 Å². The number of imide groups is 1. The maximum atomic E-state index is 11.9. The third kappa shape index (κ3) is 14.4. The van der Waals surface area contributed by atoms with E-state index in [1.165, 1.54) is 109 Å². The van der Waals surface area contributed by atoms with Gasteiger partial charge in [0.05, 0.1) is 0 Å². The monoisotopic (exact) mass is 415 g/mol. The van der Waals surface area contributed by atoms with Crippen LogP contribution in [0.1, 0.15) is 133 Å². The Bertz CT molecular complexity index is 582. The highest BCUT2D eigenvalue weighted by Gasteiger charge is 2.07. The van der Waals surface area contributed by atoms with Crippen LogP contribution >= 0.6 is 0 Å². The number of rotatable bonds is 18. The summed E-state index contributed by atoms with van der Waals surface area (Å²) in [6, 6.07) is 7.63. The van der Waals surface area contributed by atoms with E-state index in [4.69, 9.17) is 0 Å². The third-order valence-electron chi connectivity index (χ3n) is 5.80. The van der Waals surface area contributed by atoms with Gasteiger partial charge < -0.3 is 0 Å². The topological polar surface area (TPSA) is 46.2 Å². The van der Waals surface area contributed by atoms with Crippen LogP contribution < -0.4 is 5.32 Å². The quantitative estimate of drug-likeness (QED) is 0.249. The SMILES string of the molecule is CCCCCCCCCCCCCCCCCCc1cccc(C(=O)NC(C)=O)c1. The van der Waals surface area contributed by atoms with Crippen molar-refractivity contribution in [2.45, 2.75) is 123 Å². The predicted octanol–water partition coefficient (Wildman–Crippen LogP) is 7.77.